The third-order valence-corrected chi connectivity index (χ3v) is 5.04. The van der Waals surface area contributed by atoms with Crippen LogP contribution in [0.3, 0.4) is 0 Å². The van der Waals surface area contributed by atoms with Gasteiger partial charge in [-0.15, -0.1) is 0 Å². The monoisotopic (exact) mass is 347 g/mol. The fourth-order valence-corrected chi connectivity index (χ4v) is 3.50. The van der Waals surface area contributed by atoms with Crippen LogP contribution in [-0.4, -0.2) is 60.2 Å². The van der Waals surface area contributed by atoms with Crippen molar-refractivity contribution in [1.29, 1.82) is 0 Å². The van der Waals surface area contributed by atoms with E-state index < -0.39 is 0 Å². The molecule has 3 amide bonds. The van der Waals surface area contributed by atoms with Crippen molar-refractivity contribution in [1.82, 2.24) is 15.1 Å². The van der Waals surface area contributed by atoms with Crippen LogP contribution < -0.4 is 5.32 Å². The molecule has 136 valence electrons. The molecule has 7 nitrogen and oxygen atoms in total. The highest BCUT2D eigenvalue weighted by Crippen LogP contribution is 2.23. The normalized spacial score (nSPS) is 18.9. The summed E-state index contributed by atoms with van der Waals surface area (Å²) in [4.78, 5) is 40.0. The van der Waals surface area contributed by atoms with E-state index >= 15 is 0 Å². The smallest absolute Gasteiger partial charge is 0.289 e. The van der Waals surface area contributed by atoms with Gasteiger partial charge < -0.3 is 19.5 Å². The quantitative estimate of drug-likeness (QED) is 0.889. The number of hydrogen-bond donors (Lipinski definition) is 1. The summed E-state index contributed by atoms with van der Waals surface area (Å²) >= 11 is 0. The fourth-order valence-electron chi connectivity index (χ4n) is 3.50. The van der Waals surface area contributed by atoms with E-state index in [1.165, 1.54) is 12.7 Å². The van der Waals surface area contributed by atoms with E-state index in [9.17, 15) is 14.4 Å². The molecule has 1 N–H and O–H groups in total. The van der Waals surface area contributed by atoms with Gasteiger partial charge in [-0.3, -0.25) is 14.4 Å². The van der Waals surface area contributed by atoms with E-state index in [0.717, 1.165) is 25.7 Å². The summed E-state index contributed by atoms with van der Waals surface area (Å²) in [5.74, 6) is 0.139. The molecular formula is C18H25N3O4. The topological polar surface area (TPSA) is 82.9 Å². The van der Waals surface area contributed by atoms with Crippen molar-refractivity contribution in [2.24, 2.45) is 5.92 Å². The maximum atomic E-state index is 12.3. The van der Waals surface area contributed by atoms with Crippen molar-refractivity contribution < 1.29 is 18.8 Å². The standard InChI is InChI=1S/C18H25N3O4/c22-16(13-19-17(23)14-5-2-1-3-6-14)20-8-10-21(11-9-20)18(24)15-7-4-12-25-15/h4,7,12,14H,1-3,5-6,8-11,13H2,(H,19,23). The van der Waals surface area contributed by atoms with Crippen molar-refractivity contribution >= 4 is 17.7 Å². The lowest BCUT2D eigenvalue weighted by Crippen LogP contribution is -2.52. The third kappa shape index (κ3) is 4.41. The molecule has 0 bridgehead atoms. The summed E-state index contributed by atoms with van der Waals surface area (Å²) < 4.78 is 5.13. The van der Waals surface area contributed by atoms with Gasteiger partial charge in [0.15, 0.2) is 5.76 Å². The Labute approximate surface area is 147 Å². The molecule has 1 saturated heterocycles. The second-order valence-electron chi connectivity index (χ2n) is 6.70. The number of carbonyl (C=O) groups excluding carboxylic acids is 3. The summed E-state index contributed by atoms with van der Waals surface area (Å²) in [6, 6.07) is 3.32. The van der Waals surface area contributed by atoms with Gasteiger partial charge in [-0.25, -0.2) is 0 Å². The average Bonchev–Trinajstić information content (AvgIpc) is 3.21. The van der Waals surface area contributed by atoms with E-state index in [0.29, 0.717) is 31.9 Å². The molecular weight excluding hydrogens is 322 g/mol. The molecule has 2 aliphatic rings. The number of hydrogen-bond acceptors (Lipinski definition) is 4. The van der Waals surface area contributed by atoms with Crippen LogP contribution in [0.4, 0.5) is 0 Å². The zero-order valence-electron chi connectivity index (χ0n) is 14.4. The van der Waals surface area contributed by atoms with Gasteiger partial charge in [0.1, 0.15) is 0 Å². The minimum Gasteiger partial charge on any atom is -0.459 e. The molecule has 1 aromatic rings. The second kappa shape index (κ2) is 8.18. The Kier molecular flexibility index (Phi) is 5.73. The summed E-state index contributed by atoms with van der Waals surface area (Å²) in [5, 5.41) is 2.78. The average molecular weight is 347 g/mol. The zero-order chi connectivity index (χ0) is 17.6. The lowest BCUT2D eigenvalue weighted by atomic mass is 9.89. The van der Waals surface area contributed by atoms with Crippen molar-refractivity contribution in [2.75, 3.05) is 32.7 Å². The number of piperazine rings is 1. The Morgan fingerprint density at radius 3 is 2.36 bits per heavy atom. The van der Waals surface area contributed by atoms with Crippen LogP contribution in [0.25, 0.3) is 0 Å². The Balaban J connectivity index is 1.40. The predicted octanol–water partition coefficient (Wildman–Crippen LogP) is 1.26. The van der Waals surface area contributed by atoms with Gasteiger partial charge in [0, 0.05) is 32.1 Å². The van der Waals surface area contributed by atoms with Crippen LogP contribution in [0.1, 0.15) is 42.7 Å². The highest BCUT2D eigenvalue weighted by molar-refractivity contribution is 5.91. The first-order valence-corrected chi connectivity index (χ1v) is 9.03. The van der Waals surface area contributed by atoms with Crippen LogP contribution >= 0.6 is 0 Å². The molecule has 1 aromatic heterocycles. The van der Waals surface area contributed by atoms with Gasteiger partial charge in [-0.2, -0.15) is 0 Å². The lowest BCUT2D eigenvalue weighted by molar-refractivity contribution is -0.135. The molecule has 1 aliphatic heterocycles. The molecule has 2 heterocycles. The summed E-state index contributed by atoms with van der Waals surface area (Å²) in [7, 11) is 0. The molecule has 1 saturated carbocycles. The highest BCUT2D eigenvalue weighted by Gasteiger charge is 2.27. The number of nitrogens with zero attached hydrogens (tertiary/aromatic N) is 2. The SMILES string of the molecule is O=C(NCC(=O)N1CCN(C(=O)c2ccco2)CC1)C1CCCCC1. The fraction of sp³-hybridized carbons (Fsp3) is 0.611. The van der Waals surface area contributed by atoms with E-state index in [-0.39, 0.29) is 30.2 Å². The molecule has 3 rings (SSSR count). The first kappa shape index (κ1) is 17.5. The van der Waals surface area contributed by atoms with Crippen LogP contribution in [0, 0.1) is 5.92 Å². The van der Waals surface area contributed by atoms with Crippen LogP contribution in [0.15, 0.2) is 22.8 Å². The maximum absolute atomic E-state index is 12.3. The summed E-state index contributed by atoms with van der Waals surface area (Å²) in [6.45, 7) is 1.94. The Morgan fingerprint density at radius 2 is 1.72 bits per heavy atom. The van der Waals surface area contributed by atoms with E-state index in [2.05, 4.69) is 5.32 Å². The largest absolute Gasteiger partial charge is 0.459 e. The first-order valence-electron chi connectivity index (χ1n) is 9.03. The Bertz CT molecular complexity index is 600. The molecule has 1 aliphatic carbocycles. The molecule has 0 atom stereocenters. The lowest BCUT2D eigenvalue weighted by Gasteiger charge is -2.34. The van der Waals surface area contributed by atoms with Crippen molar-refractivity contribution in [3.63, 3.8) is 0 Å². The van der Waals surface area contributed by atoms with Crippen LogP contribution in [-0.2, 0) is 9.59 Å². The van der Waals surface area contributed by atoms with Crippen LogP contribution in [0.2, 0.25) is 0 Å². The zero-order valence-corrected chi connectivity index (χ0v) is 14.4. The van der Waals surface area contributed by atoms with Gasteiger partial charge >= 0.3 is 0 Å². The third-order valence-electron chi connectivity index (χ3n) is 5.04. The summed E-state index contributed by atoms with van der Waals surface area (Å²) in [5.41, 5.74) is 0. The van der Waals surface area contributed by atoms with E-state index in [4.69, 9.17) is 4.42 Å². The van der Waals surface area contributed by atoms with Gasteiger partial charge in [0.05, 0.1) is 12.8 Å². The van der Waals surface area contributed by atoms with Gasteiger partial charge in [0.2, 0.25) is 11.8 Å². The highest BCUT2D eigenvalue weighted by atomic mass is 16.3. The number of furan rings is 1. The van der Waals surface area contributed by atoms with Crippen molar-refractivity contribution in [3.8, 4) is 0 Å². The van der Waals surface area contributed by atoms with Crippen LogP contribution in [0.5, 0.6) is 0 Å². The number of rotatable bonds is 4. The number of carbonyl (C=O) groups is 3. The Hall–Kier alpha value is -2.31. The Morgan fingerprint density at radius 1 is 1.04 bits per heavy atom. The van der Waals surface area contributed by atoms with E-state index in [1.54, 1.807) is 21.9 Å². The van der Waals surface area contributed by atoms with Gasteiger partial charge in [-0.1, -0.05) is 19.3 Å². The number of nitrogens with one attached hydrogen (secondary N) is 1. The summed E-state index contributed by atoms with van der Waals surface area (Å²) in [6.07, 6.45) is 6.71. The van der Waals surface area contributed by atoms with Gasteiger partial charge in [0.25, 0.3) is 5.91 Å². The maximum Gasteiger partial charge on any atom is 0.289 e. The first-order chi connectivity index (χ1) is 12.1. The van der Waals surface area contributed by atoms with Crippen molar-refractivity contribution in [3.05, 3.63) is 24.2 Å². The van der Waals surface area contributed by atoms with Gasteiger partial charge in [-0.05, 0) is 25.0 Å². The molecule has 0 spiro atoms. The molecule has 2 fully saturated rings. The molecule has 7 heteroatoms. The molecule has 25 heavy (non-hydrogen) atoms. The second-order valence-corrected chi connectivity index (χ2v) is 6.70. The minimum absolute atomic E-state index is 0.000293. The minimum atomic E-state index is -0.150. The molecule has 0 aromatic carbocycles. The molecule has 0 radical (unpaired) electrons. The van der Waals surface area contributed by atoms with E-state index in [1.807, 2.05) is 0 Å². The van der Waals surface area contributed by atoms with Crippen molar-refractivity contribution in [2.45, 2.75) is 32.1 Å². The predicted molar refractivity (Wildman–Crippen MR) is 90.8 cm³/mol. The number of amides is 3. The molecule has 0 unspecified atom stereocenters.